The highest BCUT2D eigenvalue weighted by atomic mass is 16.6. The molecule has 28 heavy (non-hydrogen) atoms. The zero-order valence-electron chi connectivity index (χ0n) is 18.3. The number of ether oxygens (including phenoxy) is 3. The number of hydrogen-bond donors (Lipinski definition) is 0. The molecule has 0 aliphatic rings. The highest BCUT2D eigenvalue weighted by Crippen LogP contribution is 2.30. The first-order valence-electron chi connectivity index (χ1n) is 11.0. The second-order valence-corrected chi connectivity index (χ2v) is 7.18. The van der Waals surface area contributed by atoms with Crippen molar-refractivity contribution in [3.63, 3.8) is 0 Å². The lowest BCUT2D eigenvalue weighted by Gasteiger charge is -2.27. The average molecular weight is 401 g/mol. The van der Waals surface area contributed by atoms with Crippen LogP contribution in [0.3, 0.4) is 0 Å². The Morgan fingerprint density at radius 2 is 0.857 bits per heavy atom. The molecule has 0 heterocycles. The van der Waals surface area contributed by atoms with Gasteiger partial charge in [0.1, 0.15) is 0 Å². The molecule has 164 valence electrons. The summed E-state index contributed by atoms with van der Waals surface area (Å²) in [5.74, 6) is -2.52. The van der Waals surface area contributed by atoms with Crippen LogP contribution in [0.25, 0.3) is 0 Å². The van der Waals surface area contributed by atoms with Gasteiger partial charge in [-0.15, -0.1) is 0 Å². The highest BCUT2D eigenvalue weighted by Gasteiger charge is 2.56. The first-order valence-corrected chi connectivity index (χ1v) is 11.0. The molecule has 0 aliphatic carbocycles. The fourth-order valence-electron chi connectivity index (χ4n) is 2.85. The van der Waals surface area contributed by atoms with Crippen LogP contribution in [0.15, 0.2) is 0 Å². The third-order valence-corrected chi connectivity index (χ3v) is 4.61. The Morgan fingerprint density at radius 3 is 1.11 bits per heavy atom. The Morgan fingerprint density at radius 1 is 0.536 bits per heavy atom. The van der Waals surface area contributed by atoms with Crippen LogP contribution < -0.4 is 0 Å². The van der Waals surface area contributed by atoms with Gasteiger partial charge in [0.25, 0.3) is 5.41 Å². The van der Waals surface area contributed by atoms with Crippen LogP contribution in [-0.2, 0) is 28.6 Å². The molecule has 6 heteroatoms. The smallest absolute Gasteiger partial charge is 0.335 e. The molecule has 0 fully saturated rings. The maximum Gasteiger partial charge on any atom is 0.335 e. The fraction of sp³-hybridized carbons (Fsp3) is 0.864. The summed E-state index contributed by atoms with van der Waals surface area (Å²) in [4.78, 5) is 38.6. The summed E-state index contributed by atoms with van der Waals surface area (Å²) in [6, 6.07) is 0. The standard InChI is InChI=1S/C22H40O6/c1-5-9-12-16-26-19(23)22(15-8-4,20(24)27-17-13-10-6-2)21(25)28-18-14-11-7-3/h5-18H2,1-4H3. The van der Waals surface area contributed by atoms with E-state index < -0.39 is 23.3 Å². The van der Waals surface area contributed by atoms with Gasteiger partial charge in [0.2, 0.25) is 0 Å². The maximum atomic E-state index is 12.9. The van der Waals surface area contributed by atoms with Gasteiger partial charge in [0.15, 0.2) is 0 Å². The fourth-order valence-corrected chi connectivity index (χ4v) is 2.85. The summed E-state index contributed by atoms with van der Waals surface area (Å²) in [6.45, 7) is 8.51. The Hall–Kier alpha value is -1.59. The first-order chi connectivity index (χ1) is 13.5. The van der Waals surface area contributed by atoms with Gasteiger partial charge >= 0.3 is 17.9 Å². The molecule has 0 bridgehead atoms. The lowest BCUT2D eigenvalue weighted by molar-refractivity contribution is -0.185. The largest absolute Gasteiger partial charge is 0.464 e. The molecule has 0 rings (SSSR count). The molecule has 0 amide bonds. The van der Waals surface area contributed by atoms with Crippen LogP contribution in [0, 0.1) is 5.41 Å². The van der Waals surface area contributed by atoms with Crippen LogP contribution in [0.4, 0.5) is 0 Å². The molecule has 0 aromatic rings. The summed E-state index contributed by atoms with van der Waals surface area (Å²) in [6.07, 6.45) is 8.26. The van der Waals surface area contributed by atoms with E-state index in [1.54, 1.807) is 0 Å². The molecule has 0 aromatic heterocycles. The van der Waals surface area contributed by atoms with Crippen LogP contribution >= 0.6 is 0 Å². The van der Waals surface area contributed by atoms with E-state index in [-0.39, 0.29) is 26.2 Å². The number of carbonyl (C=O) groups excluding carboxylic acids is 3. The minimum atomic E-state index is -2.01. The van der Waals surface area contributed by atoms with Crippen LogP contribution in [0.1, 0.15) is 98.3 Å². The van der Waals surface area contributed by atoms with Crippen LogP contribution in [0.5, 0.6) is 0 Å². The maximum absolute atomic E-state index is 12.9. The Bertz CT molecular complexity index is 386. The molecule has 6 nitrogen and oxygen atoms in total. The van der Waals surface area contributed by atoms with E-state index in [1.165, 1.54) is 0 Å². The molecule has 0 radical (unpaired) electrons. The highest BCUT2D eigenvalue weighted by molar-refractivity contribution is 6.17. The van der Waals surface area contributed by atoms with Crippen molar-refractivity contribution in [2.24, 2.45) is 5.41 Å². The van der Waals surface area contributed by atoms with E-state index in [4.69, 9.17) is 14.2 Å². The second-order valence-electron chi connectivity index (χ2n) is 7.18. The molecule has 0 unspecified atom stereocenters. The van der Waals surface area contributed by atoms with E-state index >= 15 is 0 Å². The summed E-state index contributed by atoms with van der Waals surface area (Å²) < 4.78 is 16.0. The van der Waals surface area contributed by atoms with E-state index in [2.05, 4.69) is 0 Å². The van der Waals surface area contributed by atoms with Crippen molar-refractivity contribution in [1.29, 1.82) is 0 Å². The van der Waals surface area contributed by atoms with Gasteiger partial charge in [-0.1, -0.05) is 72.6 Å². The number of esters is 3. The van der Waals surface area contributed by atoms with Crippen molar-refractivity contribution in [1.82, 2.24) is 0 Å². The second kappa shape index (κ2) is 16.4. The molecular weight excluding hydrogens is 360 g/mol. The van der Waals surface area contributed by atoms with Crippen molar-refractivity contribution < 1.29 is 28.6 Å². The molecule has 0 saturated carbocycles. The summed E-state index contributed by atoms with van der Waals surface area (Å²) >= 11 is 0. The third kappa shape index (κ3) is 9.07. The molecule has 0 aromatic carbocycles. The normalized spacial score (nSPS) is 11.1. The van der Waals surface area contributed by atoms with E-state index in [0.717, 1.165) is 38.5 Å². The zero-order valence-corrected chi connectivity index (χ0v) is 18.3. The first kappa shape index (κ1) is 26.4. The molecular formula is C22H40O6. The van der Waals surface area contributed by atoms with E-state index in [0.29, 0.717) is 25.7 Å². The molecule has 0 spiro atoms. The van der Waals surface area contributed by atoms with Gasteiger partial charge in [-0.2, -0.15) is 0 Å². The minimum Gasteiger partial charge on any atom is -0.464 e. The number of unbranched alkanes of at least 4 members (excludes halogenated alkanes) is 6. The van der Waals surface area contributed by atoms with Crippen molar-refractivity contribution in [2.75, 3.05) is 19.8 Å². The van der Waals surface area contributed by atoms with Gasteiger partial charge in [0, 0.05) is 0 Å². The molecule has 0 aliphatic heterocycles. The molecule has 0 atom stereocenters. The van der Waals surface area contributed by atoms with Crippen LogP contribution in [0.2, 0.25) is 0 Å². The lowest BCUT2D eigenvalue weighted by Crippen LogP contribution is -2.49. The van der Waals surface area contributed by atoms with Crippen molar-refractivity contribution in [3.05, 3.63) is 0 Å². The summed E-state index contributed by atoms with van der Waals surface area (Å²) in [5.41, 5.74) is -2.01. The summed E-state index contributed by atoms with van der Waals surface area (Å²) in [7, 11) is 0. The average Bonchev–Trinajstić information content (AvgIpc) is 2.69. The lowest BCUT2D eigenvalue weighted by atomic mass is 9.83. The van der Waals surface area contributed by atoms with Gasteiger partial charge in [-0.25, -0.2) is 0 Å². The molecule has 0 N–H and O–H groups in total. The SMILES string of the molecule is CCCCCOC(=O)C(CCC)(C(=O)OCCCCC)C(=O)OCCCCC. The number of rotatable bonds is 17. The Balaban J connectivity index is 5.30. The zero-order chi connectivity index (χ0) is 21.3. The van der Waals surface area contributed by atoms with Crippen molar-refractivity contribution in [2.45, 2.75) is 98.3 Å². The third-order valence-electron chi connectivity index (χ3n) is 4.61. The number of hydrogen-bond acceptors (Lipinski definition) is 6. The quantitative estimate of drug-likeness (QED) is 0.148. The predicted octanol–water partition coefficient (Wildman–Crippen LogP) is 4.97. The van der Waals surface area contributed by atoms with Gasteiger partial charge in [0.05, 0.1) is 19.8 Å². The Kier molecular flexibility index (Phi) is 15.4. The monoisotopic (exact) mass is 400 g/mol. The predicted molar refractivity (Wildman–Crippen MR) is 109 cm³/mol. The number of carbonyl (C=O) groups is 3. The van der Waals surface area contributed by atoms with E-state index in [9.17, 15) is 14.4 Å². The molecule has 0 saturated heterocycles. The van der Waals surface area contributed by atoms with Crippen molar-refractivity contribution in [3.8, 4) is 0 Å². The van der Waals surface area contributed by atoms with E-state index in [1.807, 2.05) is 27.7 Å². The summed E-state index contributed by atoms with van der Waals surface area (Å²) in [5, 5.41) is 0. The van der Waals surface area contributed by atoms with Crippen molar-refractivity contribution >= 4 is 17.9 Å². The van der Waals surface area contributed by atoms with Gasteiger partial charge in [-0.3, -0.25) is 14.4 Å². The van der Waals surface area contributed by atoms with Gasteiger partial charge in [-0.05, 0) is 25.7 Å². The van der Waals surface area contributed by atoms with Crippen LogP contribution in [-0.4, -0.2) is 37.7 Å². The topological polar surface area (TPSA) is 78.9 Å². The Labute approximate surface area is 170 Å². The van der Waals surface area contributed by atoms with Gasteiger partial charge < -0.3 is 14.2 Å². The minimum absolute atomic E-state index is 0.0266.